The molecule has 1 heterocycles. The van der Waals surface area contributed by atoms with Crippen molar-refractivity contribution in [2.45, 2.75) is 19.9 Å². The van der Waals surface area contributed by atoms with E-state index >= 15 is 0 Å². The first kappa shape index (κ1) is 12.7. The Morgan fingerprint density at radius 3 is 2.61 bits per heavy atom. The molecule has 96 valence electrons. The monoisotopic (exact) mass is 248 g/mol. The van der Waals surface area contributed by atoms with Gasteiger partial charge in [-0.1, -0.05) is 6.07 Å². The van der Waals surface area contributed by atoms with Crippen molar-refractivity contribution in [3.8, 4) is 0 Å². The maximum absolute atomic E-state index is 14.1. The van der Waals surface area contributed by atoms with E-state index in [1.54, 1.807) is 10.9 Å². The minimum Gasteiger partial charge on any atom is -0.340 e. The first-order valence-corrected chi connectivity index (χ1v) is 5.73. The van der Waals surface area contributed by atoms with Crippen LogP contribution in [0, 0.1) is 19.7 Å². The van der Waals surface area contributed by atoms with E-state index in [9.17, 15) is 4.39 Å². The Kier molecular flexibility index (Phi) is 3.45. The van der Waals surface area contributed by atoms with Crippen molar-refractivity contribution in [2.75, 3.05) is 0 Å². The molecule has 0 radical (unpaired) electrons. The lowest BCUT2D eigenvalue weighted by atomic mass is 9.97. The van der Waals surface area contributed by atoms with Crippen molar-refractivity contribution in [2.24, 2.45) is 12.9 Å². The van der Waals surface area contributed by atoms with Gasteiger partial charge in [-0.2, -0.15) is 0 Å². The van der Waals surface area contributed by atoms with Crippen molar-refractivity contribution < 1.29 is 4.39 Å². The van der Waals surface area contributed by atoms with Crippen molar-refractivity contribution in [1.29, 1.82) is 0 Å². The van der Waals surface area contributed by atoms with Gasteiger partial charge in [0.25, 0.3) is 0 Å². The van der Waals surface area contributed by atoms with E-state index in [4.69, 9.17) is 5.84 Å². The van der Waals surface area contributed by atoms with Crippen LogP contribution in [0.3, 0.4) is 0 Å². The molecule has 5 heteroatoms. The molecule has 0 aliphatic carbocycles. The topological polar surface area (TPSA) is 55.9 Å². The third kappa shape index (κ3) is 2.27. The van der Waals surface area contributed by atoms with Crippen LogP contribution >= 0.6 is 0 Å². The Labute approximate surface area is 106 Å². The number of nitrogens with two attached hydrogens (primary N) is 1. The highest BCUT2D eigenvalue weighted by Gasteiger charge is 2.21. The minimum atomic E-state index is -0.438. The number of halogens is 1. The minimum absolute atomic E-state index is 0.263. The number of hydrazine groups is 1. The average Bonchev–Trinajstić information content (AvgIpc) is 2.69. The summed E-state index contributed by atoms with van der Waals surface area (Å²) < 4.78 is 15.9. The summed E-state index contributed by atoms with van der Waals surface area (Å²) in [5, 5.41) is 0. The van der Waals surface area contributed by atoms with Crippen LogP contribution in [0.1, 0.15) is 28.4 Å². The van der Waals surface area contributed by atoms with Gasteiger partial charge in [0, 0.05) is 18.8 Å². The molecule has 0 saturated carbocycles. The lowest BCUT2D eigenvalue weighted by Crippen LogP contribution is -2.30. The summed E-state index contributed by atoms with van der Waals surface area (Å²) in [6.45, 7) is 3.74. The number of rotatable bonds is 3. The van der Waals surface area contributed by atoms with Gasteiger partial charge in [0.15, 0.2) is 0 Å². The van der Waals surface area contributed by atoms with E-state index in [1.807, 2.05) is 33.2 Å². The normalized spacial score (nSPS) is 12.7. The maximum atomic E-state index is 14.1. The lowest BCUT2D eigenvalue weighted by Gasteiger charge is -2.18. The quantitative estimate of drug-likeness (QED) is 0.642. The van der Waals surface area contributed by atoms with Crippen molar-refractivity contribution >= 4 is 0 Å². The molecule has 0 saturated heterocycles. The van der Waals surface area contributed by atoms with Crippen LogP contribution < -0.4 is 11.3 Å². The molecule has 1 unspecified atom stereocenters. The van der Waals surface area contributed by atoms with Gasteiger partial charge in [0.05, 0.1) is 18.1 Å². The van der Waals surface area contributed by atoms with Crippen molar-refractivity contribution in [3.63, 3.8) is 0 Å². The Bertz CT molecular complexity index is 539. The van der Waals surface area contributed by atoms with Crippen LogP contribution in [-0.2, 0) is 7.05 Å². The van der Waals surface area contributed by atoms with Crippen molar-refractivity contribution in [1.82, 2.24) is 15.0 Å². The summed E-state index contributed by atoms with van der Waals surface area (Å²) in [7, 11) is 1.86. The van der Waals surface area contributed by atoms with E-state index < -0.39 is 6.04 Å². The predicted octanol–water partition coefficient (Wildman–Crippen LogP) is 1.73. The van der Waals surface area contributed by atoms with Crippen LogP contribution in [0.15, 0.2) is 24.7 Å². The fourth-order valence-corrected chi connectivity index (χ4v) is 2.19. The largest absolute Gasteiger partial charge is 0.340 e. The molecule has 4 nitrogen and oxygen atoms in total. The van der Waals surface area contributed by atoms with Gasteiger partial charge in [-0.3, -0.25) is 5.84 Å². The summed E-state index contributed by atoms with van der Waals surface area (Å²) in [6.07, 6.45) is 3.49. The molecule has 1 atom stereocenters. The number of aromatic nitrogens is 2. The smallest absolute Gasteiger partial charge is 0.128 e. The fourth-order valence-electron chi connectivity index (χ4n) is 2.19. The summed E-state index contributed by atoms with van der Waals surface area (Å²) >= 11 is 0. The molecule has 0 fully saturated rings. The highest BCUT2D eigenvalue weighted by atomic mass is 19.1. The van der Waals surface area contributed by atoms with E-state index in [-0.39, 0.29) is 5.82 Å². The van der Waals surface area contributed by atoms with Gasteiger partial charge in [-0.05, 0) is 31.0 Å². The number of nitrogens with one attached hydrogen (secondary N) is 1. The highest BCUT2D eigenvalue weighted by molar-refractivity contribution is 5.37. The number of aryl methyl sites for hydroxylation is 3. The van der Waals surface area contributed by atoms with Crippen LogP contribution in [0.5, 0.6) is 0 Å². The summed E-state index contributed by atoms with van der Waals surface area (Å²) in [5.74, 6) is 5.29. The number of hydrogen-bond donors (Lipinski definition) is 2. The SMILES string of the molecule is Cc1cc(C)c(C(NN)c2cn(C)cn2)c(F)c1. The van der Waals surface area contributed by atoms with Gasteiger partial charge in [0.1, 0.15) is 5.82 Å². The summed E-state index contributed by atoms with van der Waals surface area (Å²) in [5.41, 5.74) is 5.63. The molecule has 2 aromatic rings. The molecule has 0 bridgehead atoms. The second-order valence-corrected chi connectivity index (χ2v) is 4.54. The number of imidazole rings is 1. The van der Waals surface area contributed by atoms with Gasteiger partial charge in [-0.15, -0.1) is 0 Å². The summed E-state index contributed by atoms with van der Waals surface area (Å²) in [6, 6.07) is 3.01. The zero-order chi connectivity index (χ0) is 13.3. The lowest BCUT2D eigenvalue weighted by molar-refractivity contribution is 0.550. The highest BCUT2D eigenvalue weighted by Crippen LogP contribution is 2.26. The standard InChI is InChI=1S/C13H17FN4/c1-8-4-9(2)12(10(14)5-8)13(17-15)11-6-18(3)7-16-11/h4-7,13,17H,15H2,1-3H3. The fraction of sp³-hybridized carbons (Fsp3) is 0.308. The van der Waals surface area contributed by atoms with E-state index in [0.717, 1.165) is 11.1 Å². The maximum Gasteiger partial charge on any atom is 0.128 e. The van der Waals surface area contributed by atoms with Crippen LogP contribution in [0.4, 0.5) is 4.39 Å². The second kappa shape index (κ2) is 4.88. The molecular formula is C13H17FN4. The van der Waals surface area contributed by atoms with Gasteiger partial charge >= 0.3 is 0 Å². The molecular weight excluding hydrogens is 231 g/mol. The second-order valence-electron chi connectivity index (χ2n) is 4.54. The summed E-state index contributed by atoms with van der Waals surface area (Å²) in [4.78, 5) is 4.22. The van der Waals surface area contributed by atoms with Gasteiger partial charge in [-0.25, -0.2) is 14.8 Å². The predicted molar refractivity (Wildman–Crippen MR) is 68.2 cm³/mol. The van der Waals surface area contributed by atoms with E-state index in [1.165, 1.54) is 6.07 Å². The molecule has 1 aromatic carbocycles. The third-order valence-corrected chi connectivity index (χ3v) is 2.96. The van der Waals surface area contributed by atoms with Gasteiger partial charge < -0.3 is 4.57 Å². The third-order valence-electron chi connectivity index (χ3n) is 2.96. The molecule has 3 N–H and O–H groups in total. The Balaban J connectivity index is 2.51. The van der Waals surface area contributed by atoms with Crippen molar-refractivity contribution in [3.05, 3.63) is 52.9 Å². The average molecular weight is 248 g/mol. The molecule has 0 amide bonds. The van der Waals surface area contributed by atoms with Gasteiger partial charge in [0.2, 0.25) is 0 Å². The molecule has 0 aliphatic heterocycles. The molecule has 0 spiro atoms. The molecule has 0 aliphatic rings. The van der Waals surface area contributed by atoms with E-state index in [2.05, 4.69) is 10.4 Å². The Morgan fingerprint density at radius 2 is 2.11 bits per heavy atom. The number of hydrogen-bond acceptors (Lipinski definition) is 3. The first-order valence-electron chi connectivity index (χ1n) is 5.73. The first-order chi connectivity index (χ1) is 8.52. The van der Waals surface area contributed by atoms with Crippen LogP contribution in [0.2, 0.25) is 0 Å². The zero-order valence-electron chi connectivity index (χ0n) is 10.7. The number of benzene rings is 1. The number of nitrogens with zero attached hydrogens (tertiary/aromatic N) is 2. The van der Waals surface area contributed by atoms with Crippen LogP contribution in [0.25, 0.3) is 0 Å². The molecule has 1 aromatic heterocycles. The van der Waals surface area contributed by atoms with E-state index in [0.29, 0.717) is 11.3 Å². The molecule has 2 rings (SSSR count). The van der Waals surface area contributed by atoms with Crippen LogP contribution in [-0.4, -0.2) is 9.55 Å². The zero-order valence-corrected chi connectivity index (χ0v) is 10.7. The Morgan fingerprint density at radius 1 is 1.39 bits per heavy atom. The Hall–Kier alpha value is -1.72. The molecule has 18 heavy (non-hydrogen) atoms.